The number of anilines is 1. The molecule has 0 radical (unpaired) electrons. The van der Waals surface area contributed by atoms with E-state index in [0.29, 0.717) is 37.3 Å². The highest BCUT2D eigenvalue weighted by Gasteiger charge is 2.28. The summed E-state index contributed by atoms with van der Waals surface area (Å²) < 4.78 is 1.49. The number of nitrogens with zero attached hydrogens (tertiary/aromatic N) is 3. The van der Waals surface area contributed by atoms with Gasteiger partial charge in [-0.15, -0.1) is 0 Å². The zero-order valence-electron chi connectivity index (χ0n) is 11.0. The van der Waals surface area contributed by atoms with Crippen molar-refractivity contribution in [3.63, 3.8) is 0 Å². The smallest absolute Gasteiger partial charge is 0.333 e. The third-order valence-electron chi connectivity index (χ3n) is 3.22. The number of carbonyl (C=O) groups excluding carboxylic acids is 1. The second-order valence-electron chi connectivity index (χ2n) is 4.56. The summed E-state index contributed by atoms with van der Waals surface area (Å²) in [6.07, 6.45) is 1.60. The highest BCUT2D eigenvalue weighted by atomic mass is 16.6. The van der Waals surface area contributed by atoms with Gasteiger partial charge in [0.05, 0.1) is 4.92 Å². The molecule has 1 aliphatic heterocycles. The van der Waals surface area contributed by atoms with Crippen molar-refractivity contribution in [2.24, 2.45) is 7.05 Å². The van der Waals surface area contributed by atoms with Crippen LogP contribution in [0.3, 0.4) is 0 Å². The molecule has 2 heterocycles. The molecule has 19 heavy (non-hydrogen) atoms. The Labute approximate surface area is 110 Å². The molecule has 0 spiro atoms. The van der Waals surface area contributed by atoms with E-state index in [9.17, 15) is 14.9 Å². The first kappa shape index (κ1) is 13.3. The van der Waals surface area contributed by atoms with E-state index in [1.165, 1.54) is 4.68 Å². The van der Waals surface area contributed by atoms with Crippen LogP contribution in [0.2, 0.25) is 0 Å². The van der Waals surface area contributed by atoms with Crippen LogP contribution < -0.4 is 10.6 Å². The molecular formula is C11H17N5O3. The lowest BCUT2D eigenvalue weighted by molar-refractivity contribution is -0.384. The number of hydrogen-bond acceptors (Lipinski definition) is 5. The molecule has 0 bridgehead atoms. The number of carbonyl (C=O) groups is 1. The van der Waals surface area contributed by atoms with E-state index in [-0.39, 0.29) is 17.6 Å². The maximum atomic E-state index is 11.2. The van der Waals surface area contributed by atoms with Crippen molar-refractivity contribution in [2.45, 2.75) is 32.2 Å². The number of piperidine rings is 1. The van der Waals surface area contributed by atoms with Gasteiger partial charge in [-0.2, -0.15) is 5.10 Å². The third-order valence-corrected chi connectivity index (χ3v) is 3.22. The summed E-state index contributed by atoms with van der Waals surface area (Å²) in [6, 6.07) is -0.00324. The standard InChI is InChI=1S/C11H17N5O3/c1-3-8-10(16(18)19)11(15(2)14-8)13-7-4-5-9(17)12-6-7/h7,13H,3-6H2,1-2H3,(H,12,17). The average Bonchev–Trinajstić information content (AvgIpc) is 2.69. The Morgan fingerprint density at radius 1 is 1.63 bits per heavy atom. The lowest BCUT2D eigenvalue weighted by atomic mass is 10.1. The van der Waals surface area contributed by atoms with Crippen LogP contribution in [0.4, 0.5) is 11.5 Å². The first-order valence-electron chi connectivity index (χ1n) is 6.26. The lowest BCUT2D eigenvalue weighted by Crippen LogP contribution is -2.42. The minimum absolute atomic E-state index is 0.00324. The van der Waals surface area contributed by atoms with Crippen LogP contribution in [0.1, 0.15) is 25.5 Å². The van der Waals surface area contributed by atoms with Gasteiger partial charge in [-0.1, -0.05) is 6.92 Å². The predicted octanol–water partition coefficient (Wildman–Crippen LogP) is 0.581. The van der Waals surface area contributed by atoms with Crippen molar-refractivity contribution in [1.82, 2.24) is 15.1 Å². The van der Waals surface area contributed by atoms with Crippen molar-refractivity contribution in [1.29, 1.82) is 0 Å². The summed E-state index contributed by atoms with van der Waals surface area (Å²) in [6.45, 7) is 2.31. The Morgan fingerprint density at radius 2 is 2.37 bits per heavy atom. The normalized spacial score (nSPS) is 19.1. The predicted molar refractivity (Wildman–Crippen MR) is 68.9 cm³/mol. The molecule has 1 atom stereocenters. The molecule has 1 aromatic heterocycles. The van der Waals surface area contributed by atoms with Crippen LogP contribution in [0.5, 0.6) is 0 Å². The number of hydrogen-bond donors (Lipinski definition) is 2. The minimum Gasteiger partial charge on any atom is -0.360 e. The van der Waals surface area contributed by atoms with Gasteiger partial charge in [0.1, 0.15) is 5.69 Å². The summed E-state index contributed by atoms with van der Waals surface area (Å²) in [5, 5.41) is 21.2. The van der Waals surface area contributed by atoms with Crippen LogP contribution in [0, 0.1) is 10.1 Å². The van der Waals surface area contributed by atoms with E-state index in [1.54, 1.807) is 7.05 Å². The zero-order valence-corrected chi connectivity index (χ0v) is 11.0. The van der Waals surface area contributed by atoms with Gasteiger partial charge >= 0.3 is 5.69 Å². The van der Waals surface area contributed by atoms with Gasteiger partial charge in [-0.3, -0.25) is 14.9 Å². The molecule has 1 fully saturated rings. The molecule has 0 aliphatic carbocycles. The van der Waals surface area contributed by atoms with E-state index >= 15 is 0 Å². The molecule has 1 saturated heterocycles. The summed E-state index contributed by atoms with van der Waals surface area (Å²) in [4.78, 5) is 21.8. The molecule has 1 aromatic rings. The largest absolute Gasteiger partial charge is 0.360 e. The highest BCUT2D eigenvalue weighted by Crippen LogP contribution is 2.29. The van der Waals surface area contributed by atoms with E-state index in [0.717, 1.165) is 0 Å². The summed E-state index contributed by atoms with van der Waals surface area (Å²) in [5.74, 6) is 0.426. The SMILES string of the molecule is CCc1nn(C)c(NC2CCC(=O)NC2)c1[N+](=O)[O-]. The van der Waals surface area contributed by atoms with Gasteiger partial charge in [0.25, 0.3) is 0 Å². The van der Waals surface area contributed by atoms with Crippen LogP contribution in [0.15, 0.2) is 0 Å². The van der Waals surface area contributed by atoms with Crippen molar-refractivity contribution in [3.8, 4) is 0 Å². The van der Waals surface area contributed by atoms with Crippen LogP contribution in [-0.2, 0) is 18.3 Å². The van der Waals surface area contributed by atoms with Crippen molar-refractivity contribution in [3.05, 3.63) is 15.8 Å². The fraction of sp³-hybridized carbons (Fsp3) is 0.636. The van der Waals surface area contributed by atoms with Crippen molar-refractivity contribution in [2.75, 3.05) is 11.9 Å². The van der Waals surface area contributed by atoms with E-state index in [4.69, 9.17) is 0 Å². The number of aromatic nitrogens is 2. The number of nitro groups is 1. The molecule has 1 aliphatic rings. The molecule has 0 saturated carbocycles. The fourth-order valence-corrected chi connectivity index (χ4v) is 2.21. The Hall–Kier alpha value is -2.12. The summed E-state index contributed by atoms with van der Waals surface area (Å²) >= 11 is 0. The molecule has 104 valence electrons. The topological polar surface area (TPSA) is 102 Å². The van der Waals surface area contributed by atoms with E-state index in [2.05, 4.69) is 15.7 Å². The van der Waals surface area contributed by atoms with Crippen LogP contribution >= 0.6 is 0 Å². The lowest BCUT2D eigenvalue weighted by Gasteiger charge is -2.23. The first-order chi connectivity index (χ1) is 9.02. The first-order valence-corrected chi connectivity index (χ1v) is 6.26. The molecule has 0 aromatic carbocycles. The monoisotopic (exact) mass is 267 g/mol. The van der Waals surface area contributed by atoms with Gasteiger partial charge in [0.2, 0.25) is 11.7 Å². The van der Waals surface area contributed by atoms with Gasteiger partial charge in [-0.05, 0) is 12.8 Å². The summed E-state index contributed by atoms with van der Waals surface area (Å²) in [7, 11) is 1.68. The number of nitrogens with one attached hydrogen (secondary N) is 2. The Morgan fingerprint density at radius 3 is 2.89 bits per heavy atom. The maximum absolute atomic E-state index is 11.2. The number of rotatable bonds is 4. The second-order valence-corrected chi connectivity index (χ2v) is 4.56. The zero-order chi connectivity index (χ0) is 14.0. The van der Waals surface area contributed by atoms with Gasteiger partial charge in [0.15, 0.2) is 0 Å². The number of amides is 1. The highest BCUT2D eigenvalue weighted by molar-refractivity contribution is 5.77. The molecule has 2 N–H and O–H groups in total. The average molecular weight is 267 g/mol. The third kappa shape index (κ3) is 2.67. The summed E-state index contributed by atoms with van der Waals surface area (Å²) in [5.41, 5.74) is 0.497. The Bertz CT molecular complexity index is 501. The maximum Gasteiger partial charge on any atom is 0.333 e. The van der Waals surface area contributed by atoms with Gasteiger partial charge in [0, 0.05) is 26.1 Å². The van der Waals surface area contributed by atoms with E-state index in [1.807, 2.05) is 6.92 Å². The molecule has 8 nitrogen and oxygen atoms in total. The molecular weight excluding hydrogens is 250 g/mol. The molecule has 2 rings (SSSR count). The van der Waals surface area contributed by atoms with Crippen LogP contribution in [0.25, 0.3) is 0 Å². The molecule has 1 unspecified atom stereocenters. The van der Waals surface area contributed by atoms with E-state index < -0.39 is 4.92 Å². The van der Waals surface area contributed by atoms with Crippen molar-refractivity contribution >= 4 is 17.4 Å². The van der Waals surface area contributed by atoms with Crippen molar-refractivity contribution < 1.29 is 9.72 Å². The Balaban J connectivity index is 2.22. The van der Waals surface area contributed by atoms with Crippen LogP contribution in [-0.4, -0.2) is 33.2 Å². The number of aryl methyl sites for hydroxylation is 2. The van der Waals surface area contributed by atoms with Gasteiger partial charge < -0.3 is 10.6 Å². The Kier molecular flexibility index (Phi) is 3.68. The fourth-order valence-electron chi connectivity index (χ4n) is 2.21. The molecule has 8 heteroatoms. The quantitative estimate of drug-likeness (QED) is 0.613. The van der Waals surface area contributed by atoms with Gasteiger partial charge in [-0.25, -0.2) is 4.68 Å². The minimum atomic E-state index is -0.407. The second kappa shape index (κ2) is 5.25. The molecule has 1 amide bonds.